The zero-order valence-electron chi connectivity index (χ0n) is 17.0. The van der Waals surface area contributed by atoms with Gasteiger partial charge in [-0.15, -0.1) is 0 Å². The highest BCUT2D eigenvalue weighted by Crippen LogP contribution is 2.47. The lowest BCUT2D eigenvalue weighted by Gasteiger charge is -2.39. The highest BCUT2D eigenvalue weighted by atomic mass is 16.5. The quantitative estimate of drug-likeness (QED) is 0.633. The number of hydrogen-bond donors (Lipinski definition) is 1. The van der Waals surface area contributed by atoms with Crippen molar-refractivity contribution in [2.24, 2.45) is 5.41 Å². The number of ether oxygens (including phenoxy) is 1. The molecule has 1 atom stereocenters. The summed E-state index contributed by atoms with van der Waals surface area (Å²) in [6, 6.07) is 14.7. The summed E-state index contributed by atoms with van der Waals surface area (Å²) < 4.78 is 5.37. The van der Waals surface area contributed by atoms with E-state index < -0.39 is 0 Å². The van der Waals surface area contributed by atoms with Gasteiger partial charge in [-0.1, -0.05) is 63.6 Å². The number of nitrogens with one attached hydrogen (secondary N) is 1. The summed E-state index contributed by atoms with van der Waals surface area (Å²) in [7, 11) is 0. The number of carbonyl (C=O) groups is 1. The van der Waals surface area contributed by atoms with Gasteiger partial charge in [0.15, 0.2) is 0 Å². The Kier molecular flexibility index (Phi) is 5.88. The van der Waals surface area contributed by atoms with Gasteiger partial charge in [0.05, 0.1) is 17.9 Å². The second-order valence-corrected chi connectivity index (χ2v) is 8.10. The Balaban J connectivity index is 0.00000280. The molecule has 1 heterocycles. The first-order valence-electron chi connectivity index (χ1n) is 10.1. The highest BCUT2D eigenvalue weighted by Gasteiger charge is 2.35. The number of anilines is 1. The van der Waals surface area contributed by atoms with Crippen LogP contribution in [0.4, 0.5) is 5.69 Å². The summed E-state index contributed by atoms with van der Waals surface area (Å²) in [4.78, 5) is 12.7. The fraction of sp³-hybridized carbons (Fsp3) is 0.458. The van der Waals surface area contributed by atoms with E-state index in [9.17, 15) is 4.79 Å². The van der Waals surface area contributed by atoms with Gasteiger partial charge in [0.25, 0.3) is 0 Å². The normalized spacial score (nSPS) is 16.4. The molecular formula is C24H33NO2. The zero-order valence-corrected chi connectivity index (χ0v) is 17.0. The van der Waals surface area contributed by atoms with E-state index in [1.54, 1.807) is 0 Å². The molecule has 0 fully saturated rings. The van der Waals surface area contributed by atoms with Crippen LogP contribution in [0.3, 0.4) is 0 Å². The molecule has 0 bridgehead atoms. The second kappa shape index (κ2) is 8.16. The Bertz CT molecular complexity index is 802. The van der Waals surface area contributed by atoms with Crippen LogP contribution in [-0.4, -0.2) is 19.1 Å². The summed E-state index contributed by atoms with van der Waals surface area (Å²) >= 11 is 0. The Morgan fingerprint density at radius 3 is 2.59 bits per heavy atom. The predicted octanol–water partition coefficient (Wildman–Crippen LogP) is 6.04. The van der Waals surface area contributed by atoms with E-state index in [2.05, 4.69) is 56.4 Å². The fourth-order valence-corrected chi connectivity index (χ4v) is 4.06. The Morgan fingerprint density at radius 1 is 1.19 bits per heavy atom. The molecule has 1 N–H and O–H groups in total. The molecule has 0 saturated heterocycles. The van der Waals surface area contributed by atoms with E-state index in [-0.39, 0.29) is 12.8 Å². The van der Waals surface area contributed by atoms with E-state index in [4.69, 9.17) is 4.74 Å². The molecule has 0 aliphatic carbocycles. The van der Waals surface area contributed by atoms with Crippen molar-refractivity contribution in [3.8, 4) is 0 Å². The minimum Gasteiger partial charge on any atom is -0.462 e. The average Bonchev–Trinajstić information content (AvgIpc) is 2.68. The van der Waals surface area contributed by atoms with Gasteiger partial charge in [-0.2, -0.15) is 0 Å². The van der Waals surface area contributed by atoms with Crippen LogP contribution in [0.2, 0.25) is 0 Å². The van der Waals surface area contributed by atoms with Crippen LogP contribution >= 0.6 is 0 Å². The van der Waals surface area contributed by atoms with Crippen molar-refractivity contribution < 1.29 is 11.0 Å². The van der Waals surface area contributed by atoms with E-state index in [1.807, 2.05) is 19.1 Å². The van der Waals surface area contributed by atoms with Crippen molar-refractivity contribution >= 4 is 11.7 Å². The number of fused-ring (bicyclic) bond motifs is 1. The largest absolute Gasteiger partial charge is 0.462 e. The molecule has 3 rings (SSSR count). The summed E-state index contributed by atoms with van der Waals surface area (Å²) in [5.41, 5.74) is 5.53. The minimum absolute atomic E-state index is 0. The smallest absolute Gasteiger partial charge is 0.340 e. The Morgan fingerprint density at radius 2 is 1.93 bits per heavy atom. The fourth-order valence-electron chi connectivity index (χ4n) is 4.06. The highest BCUT2D eigenvalue weighted by molar-refractivity contribution is 5.97. The third-order valence-corrected chi connectivity index (χ3v) is 5.94. The number of esters is 1. The van der Waals surface area contributed by atoms with Crippen LogP contribution in [0.15, 0.2) is 42.5 Å². The summed E-state index contributed by atoms with van der Waals surface area (Å²) in [6.45, 7) is 10.1. The topological polar surface area (TPSA) is 38.3 Å². The molecule has 3 nitrogen and oxygen atoms in total. The van der Waals surface area contributed by atoms with Gasteiger partial charge in [0.1, 0.15) is 0 Å². The molecule has 1 unspecified atom stereocenters. The van der Waals surface area contributed by atoms with Crippen LogP contribution < -0.4 is 5.32 Å². The number of carbonyl (C=O) groups excluding carboxylic acids is 1. The van der Waals surface area contributed by atoms with Crippen LogP contribution in [0, 0.1) is 5.41 Å². The monoisotopic (exact) mass is 367 g/mol. The molecule has 2 aromatic carbocycles. The molecule has 0 aromatic heterocycles. The van der Waals surface area contributed by atoms with Crippen molar-refractivity contribution in [2.75, 3.05) is 18.5 Å². The van der Waals surface area contributed by atoms with Crippen molar-refractivity contribution in [3.05, 3.63) is 64.7 Å². The standard InChI is InChI=1S/C24H31NO2.H2/c1-5-24(3,4)21-12-13-25-22-19(21)15-18(14-17-10-8-7-9-11-17)16-20(22)23(26)27-6-2;/h7-11,15-16,21,25H,5-6,12-14H2,1-4H3;1H. The van der Waals surface area contributed by atoms with Gasteiger partial charge in [0.2, 0.25) is 0 Å². The van der Waals surface area contributed by atoms with Crippen LogP contribution in [0.5, 0.6) is 0 Å². The summed E-state index contributed by atoms with van der Waals surface area (Å²) in [5.74, 6) is 0.203. The van der Waals surface area contributed by atoms with E-state index in [1.165, 1.54) is 16.7 Å². The van der Waals surface area contributed by atoms with Crippen molar-refractivity contribution in [1.82, 2.24) is 0 Å². The third-order valence-electron chi connectivity index (χ3n) is 5.94. The first-order chi connectivity index (χ1) is 13.0. The van der Waals surface area contributed by atoms with Crippen LogP contribution in [-0.2, 0) is 11.2 Å². The molecule has 1 aliphatic rings. The minimum atomic E-state index is -0.230. The maximum absolute atomic E-state index is 12.7. The van der Waals surface area contributed by atoms with Crippen molar-refractivity contribution in [1.29, 1.82) is 0 Å². The Labute approximate surface area is 164 Å². The predicted molar refractivity (Wildman–Crippen MR) is 114 cm³/mol. The molecule has 0 spiro atoms. The van der Waals surface area contributed by atoms with Gasteiger partial charge in [-0.3, -0.25) is 0 Å². The van der Waals surface area contributed by atoms with Gasteiger partial charge >= 0.3 is 5.97 Å². The first-order valence-corrected chi connectivity index (χ1v) is 10.1. The zero-order chi connectivity index (χ0) is 19.4. The third kappa shape index (κ3) is 4.18. The average molecular weight is 368 g/mol. The molecule has 1 aliphatic heterocycles. The van der Waals surface area contributed by atoms with Gasteiger partial charge in [-0.05, 0) is 53.9 Å². The molecule has 0 amide bonds. The lowest BCUT2D eigenvalue weighted by Crippen LogP contribution is -2.29. The molecule has 2 aromatic rings. The lowest BCUT2D eigenvalue weighted by atomic mass is 9.69. The van der Waals surface area contributed by atoms with Gasteiger partial charge < -0.3 is 10.1 Å². The summed E-state index contributed by atoms with van der Waals surface area (Å²) in [6.07, 6.45) is 3.01. The van der Waals surface area contributed by atoms with Gasteiger partial charge in [0, 0.05) is 7.97 Å². The maximum atomic E-state index is 12.7. The molecule has 0 saturated carbocycles. The molecule has 27 heavy (non-hydrogen) atoms. The van der Waals surface area contributed by atoms with Crippen molar-refractivity contribution in [3.63, 3.8) is 0 Å². The van der Waals surface area contributed by atoms with E-state index >= 15 is 0 Å². The lowest BCUT2D eigenvalue weighted by molar-refractivity contribution is 0.0527. The number of rotatable bonds is 6. The molecular weight excluding hydrogens is 334 g/mol. The van der Waals surface area contributed by atoms with Crippen molar-refractivity contribution in [2.45, 2.75) is 52.9 Å². The number of hydrogen-bond acceptors (Lipinski definition) is 3. The SMILES string of the molecule is CCOC(=O)c1cc(Cc2ccccc2)cc2c1NCCC2C(C)(C)CC.[HH]. The van der Waals surface area contributed by atoms with E-state index in [0.29, 0.717) is 18.1 Å². The van der Waals surface area contributed by atoms with Crippen LogP contribution in [0.25, 0.3) is 0 Å². The number of benzene rings is 2. The van der Waals surface area contributed by atoms with Gasteiger partial charge in [-0.25, -0.2) is 4.79 Å². The summed E-state index contributed by atoms with van der Waals surface area (Å²) in [5, 5.41) is 3.49. The van der Waals surface area contributed by atoms with Crippen LogP contribution in [0.1, 0.15) is 74.9 Å². The second-order valence-electron chi connectivity index (χ2n) is 8.10. The Hall–Kier alpha value is -2.29. The molecule has 3 heteroatoms. The molecule has 146 valence electrons. The maximum Gasteiger partial charge on any atom is 0.340 e. The molecule has 0 radical (unpaired) electrons. The van der Waals surface area contributed by atoms with E-state index in [0.717, 1.165) is 31.5 Å². The first kappa shape index (κ1) is 19.5.